The summed E-state index contributed by atoms with van der Waals surface area (Å²) in [5.41, 5.74) is 0. The lowest BCUT2D eigenvalue weighted by Crippen LogP contribution is -2.09. The van der Waals surface area contributed by atoms with Crippen molar-refractivity contribution in [1.29, 1.82) is 0 Å². The van der Waals surface area contributed by atoms with Gasteiger partial charge in [-0.2, -0.15) is 0 Å². The molecule has 0 saturated carbocycles. The quantitative estimate of drug-likeness (QED) is 0.770. The van der Waals surface area contributed by atoms with Crippen LogP contribution in [0.2, 0.25) is 5.02 Å². The van der Waals surface area contributed by atoms with Crippen molar-refractivity contribution in [1.82, 2.24) is 0 Å². The Morgan fingerprint density at radius 2 is 1.80 bits per heavy atom. The lowest BCUT2D eigenvalue weighted by Gasteiger charge is -2.15. The standard InChI is InChI=1S/C9H12ClO4P/c1-12-7-4-5-8(10)9(6-7)15(11,13-2)14-3/h4-6H,1-3H3. The van der Waals surface area contributed by atoms with Gasteiger partial charge in [0.05, 0.1) is 17.4 Å². The van der Waals surface area contributed by atoms with E-state index in [2.05, 4.69) is 0 Å². The van der Waals surface area contributed by atoms with Gasteiger partial charge in [0.15, 0.2) is 0 Å². The van der Waals surface area contributed by atoms with Crippen LogP contribution in [0.5, 0.6) is 5.75 Å². The van der Waals surface area contributed by atoms with Gasteiger partial charge in [-0.15, -0.1) is 0 Å². The van der Waals surface area contributed by atoms with E-state index in [1.165, 1.54) is 27.4 Å². The van der Waals surface area contributed by atoms with Crippen molar-refractivity contribution in [3.05, 3.63) is 23.2 Å². The Labute approximate surface area is 93.6 Å². The molecule has 1 rings (SSSR count). The zero-order chi connectivity index (χ0) is 11.5. The van der Waals surface area contributed by atoms with Crippen LogP contribution in [0.15, 0.2) is 18.2 Å². The van der Waals surface area contributed by atoms with Gasteiger partial charge in [0, 0.05) is 14.2 Å². The first-order valence-corrected chi connectivity index (χ1v) is 6.05. The monoisotopic (exact) mass is 250 g/mol. The molecule has 0 aliphatic carbocycles. The summed E-state index contributed by atoms with van der Waals surface area (Å²) in [7, 11) is 0.800. The maximum absolute atomic E-state index is 12.1. The summed E-state index contributed by atoms with van der Waals surface area (Å²) in [6.45, 7) is 0. The van der Waals surface area contributed by atoms with E-state index in [1.54, 1.807) is 12.1 Å². The predicted molar refractivity (Wildman–Crippen MR) is 59.3 cm³/mol. The summed E-state index contributed by atoms with van der Waals surface area (Å²) < 4.78 is 26.8. The third-order valence-electron chi connectivity index (χ3n) is 1.93. The second kappa shape index (κ2) is 4.99. The van der Waals surface area contributed by atoms with Gasteiger partial charge >= 0.3 is 7.60 Å². The molecule has 1 aromatic rings. The Hall–Kier alpha value is -0.540. The Balaban J connectivity index is 3.28. The summed E-state index contributed by atoms with van der Waals surface area (Å²) in [6.07, 6.45) is 0. The van der Waals surface area contributed by atoms with Crippen LogP contribution in [-0.4, -0.2) is 21.3 Å². The van der Waals surface area contributed by atoms with Gasteiger partial charge in [-0.1, -0.05) is 11.6 Å². The molecule has 1 aromatic carbocycles. The van der Waals surface area contributed by atoms with Crippen LogP contribution < -0.4 is 10.0 Å². The highest BCUT2D eigenvalue weighted by atomic mass is 35.5. The highest BCUT2D eigenvalue weighted by Gasteiger charge is 2.27. The lowest BCUT2D eigenvalue weighted by molar-refractivity contribution is 0.287. The Bertz CT molecular complexity index is 386. The molecule has 0 N–H and O–H groups in total. The fraction of sp³-hybridized carbons (Fsp3) is 0.333. The van der Waals surface area contributed by atoms with Gasteiger partial charge in [-0.05, 0) is 18.2 Å². The van der Waals surface area contributed by atoms with Gasteiger partial charge in [0.1, 0.15) is 5.75 Å². The second-order valence-corrected chi connectivity index (χ2v) is 5.29. The number of benzene rings is 1. The maximum Gasteiger partial charge on any atom is 0.362 e. The van der Waals surface area contributed by atoms with Crippen LogP contribution in [0.1, 0.15) is 0 Å². The highest BCUT2D eigenvalue weighted by Crippen LogP contribution is 2.47. The predicted octanol–water partition coefficient (Wildman–Crippen LogP) is 2.46. The number of hydrogen-bond donors (Lipinski definition) is 0. The molecular formula is C9H12ClO4P. The zero-order valence-corrected chi connectivity index (χ0v) is 10.3. The van der Waals surface area contributed by atoms with Crippen molar-refractivity contribution < 1.29 is 18.3 Å². The average Bonchev–Trinajstić information content (AvgIpc) is 2.28. The molecule has 0 bridgehead atoms. The molecule has 6 heteroatoms. The molecule has 0 unspecified atom stereocenters. The third kappa shape index (κ3) is 2.52. The molecule has 0 aliphatic heterocycles. The van der Waals surface area contributed by atoms with Crippen LogP contribution >= 0.6 is 19.2 Å². The van der Waals surface area contributed by atoms with E-state index in [9.17, 15) is 4.57 Å². The summed E-state index contributed by atoms with van der Waals surface area (Å²) in [6, 6.07) is 4.79. The second-order valence-electron chi connectivity index (χ2n) is 2.68. The average molecular weight is 251 g/mol. The molecule has 0 aliphatic rings. The minimum Gasteiger partial charge on any atom is -0.497 e. The molecule has 0 saturated heterocycles. The van der Waals surface area contributed by atoms with Crippen LogP contribution in [0.3, 0.4) is 0 Å². The number of halogens is 1. The molecule has 4 nitrogen and oxygen atoms in total. The van der Waals surface area contributed by atoms with Gasteiger partial charge in [-0.3, -0.25) is 4.57 Å². The first kappa shape index (κ1) is 12.5. The fourth-order valence-electron chi connectivity index (χ4n) is 1.10. The van der Waals surface area contributed by atoms with E-state index in [-0.39, 0.29) is 0 Å². The van der Waals surface area contributed by atoms with Crippen molar-refractivity contribution in [2.45, 2.75) is 0 Å². The first-order chi connectivity index (χ1) is 7.07. The summed E-state index contributed by atoms with van der Waals surface area (Å²) in [5, 5.41) is 0.622. The van der Waals surface area contributed by atoms with E-state index in [0.29, 0.717) is 16.1 Å². The Morgan fingerprint density at radius 1 is 1.20 bits per heavy atom. The number of rotatable bonds is 4. The number of ether oxygens (including phenoxy) is 1. The van der Waals surface area contributed by atoms with E-state index in [0.717, 1.165) is 0 Å². The largest absolute Gasteiger partial charge is 0.497 e. The van der Waals surface area contributed by atoms with E-state index in [4.69, 9.17) is 25.4 Å². The summed E-state index contributed by atoms with van der Waals surface area (Å²) >= 11 is 5.91. The fourth-order valence-corrected chi connectivity index (χ4v) is 2.69. The third-order valence-corrected chi connectivity index (χ3v) is 4.31. The molecule has 15 heavy (non-hydrogen) atoms. The van der Waals surface area contributed by atoms with Crippen LogP contribution in [0, 0.1) is 0 Å². The van der Waals surface area contributed by atoms with Gasteiger partial charge in [0.25, 0.3) is 0 Å². The van der Waals surface area contributed by atoms with Crippen molar-refractivity contribution in [3.63, 3.8) is 0 Å². The molecule has 0 atom stereocenters. The zero-order valence-electron chi connectivity index (χ0n) is 8.69. The molecule has 0 fully saturated rings. The minimum absolute atomic E-state index is 0.300. The topological polar surface area (TPSA) is 44.8 Å². The van der Waals surface area contributed by atoms with Gasteiger partial charge in [-0.25, -0.2) is 0 Å². The van der Waals surface area contributed by atoms with Gasteiger partial charge in [0.2, 0.25) is 0 Å². The molecule has 0 spiro atoms. The molecule has 84 valence electrons. The Kier molecular flexibility index (Phi) is 4.17. The summed E-state index contributed by atoms with van der Waals surface area (Å²) in [4.78, 5) is 0. The van der Waals surface area contributed by atoms with E-state index in [1.807, 2.05) is 0 Å². The van der Waals surface area contributed by atoms with Gasteiger partial charge < -0.3 is 13.8 Å². The SMILES string of the molecule is COc1ccc(Cl)c(P(=O)(OC)OC)c1. The Morgan fingerprint density at radius 3 is 2.27 bits per heavy atom. The number of methoxy groups -OCH3 is 1. The first-order valence-electron chi connectivity index (χ1n) is 4.13. The normalized spacial score (nSPS) is 11.5. The van der Waals surface area contributed by atoms with E-state index < -0.39 is 7.60 Å². The van der Waals surface area contributed by atoms with Crippen LogP contribution in [0.25, 0.3) is 0 Å². The van der Waals surface area contributed by atoms with Crippen LogP contribution in [-0.2, 0) is 13.6 Å². The van der Waals surface area contributed by atoms with Crippen molar-refractivity contribution in [2.24, 2.45) is 0 Å². The van der Waals surface area contributed by atoms with Crippen molar-refractivity contribution in [3.8, 4) is 5.75 Å². The molecule has 0 amide bonds. The molecule has 0 radical (unpaired) electrons. The molecule has 0 aromatic heterocycles. The highest BCUT2D eigenvalue weighted by molar-refractivity contribution is 7.62. The smallest absolute Gasteiger partial charge is 0.362 e. The van der Waals surface area contributed by atoms with Crippen molar-refractivity contribution >= 4 is 24.5 Å². The molecule has 0 heterocycles. The molecular weight excluding hydrogens is 239 g/mol. The van der Waals surface area contributed by atoms with Crippen LogP contribution in [0.4, 0.5) is 0 Å². The number of hydrogen-bond acceptors (Lipinski definition) is 4. The maximum atomic E-state index is 12.1. The van der Waals surface area contributed by atoms with E-state index >= 15 is 0 Å². The lowest BCUT2D eigenvalue weighted by atomic mass is 10.3. The summed E-state index contributed by atoms with van der Waals surface area (Å²) in [5.74, 6) is 0.545. The van der Waals surface area contributed by atoms with Crippen molar-refractivity contribution in [2.75, 3.05) is 21.3 Å². The minimum atomic E-state index is -3.32.